The van der Waals surface area contributed by atoms with Gasteiger partial charge >= 0.3 is 0 Å². The van der Waals surface area contributed by atoms with Crippen molar-refractivity contribution in [2.24, 2.45) is 5.41 Å². The molecule has 0 aromatic heterocycles. The molecule has 0 aromatic rings. The number of nitrogens with zero attached hydrogens (tertiary/aromatic N) is 1. The van der Waals surface area contributed by atoms with Gasteiger partial charge in [0.1, 0.15) is 0 Å². The lowest BCUT2D eigenvalue weighted by Crippen LogP contribution is -2.37. The SMILES string of the molecule is C\C=C/C=C(\C=C/C)N1NC(C)C=C1C(C)(C)C. The summed E-state index contributed by atoms with van der Waals surface area (Å²) in [7, 11) is 0. The van der Waals surface area contributed by atoms with Crippen LogP contribution in [0.4, 0.5) is 0 Å². The zero-order valence-electron chi connectivity index (χ0n) is 12.5. The molecule has 1 unspecified atom stereocenters. The third-order valence-electron chi connectivity index (χ3n) is 2.80. The summed E-state index contributed by atoms with van der Waals surface area (Å²) in [4.78, 5) is 0. The van der Waals surface area contributed by atoms with E-state index in [2.05, 4.69) is 68.5 Å². The van der Waals surface area contributed by atoms with E-state index in [1.54, 1.807) is 0 Å². The van der Waals surface area contributed by atoms with E-state index in [0.717, 1.165) is 0 Å². The van der Waals surface area contributed by atoms with Crippen LogP contribution in [0.2, 0.25) is 0 Å². The second kappa shape index (κ2) is 6.05. The lowest BCUT2D eigenvalue weighted by Gasteiger charge is -2.32. The molecule has 0 saturated carbocycles. The van der Waals surface area contributed by atoms with E-state index in [4.69, 9.17) is 0 Å². The maximum atomic E-state index is 3.49. The normalized spacial score (nSPS) is 22.3. The topological polar surface area (TPSA) is 15.3 Å². The maximum Gasteiger partial charge on any atom is 0.0570 e. The maximum absolute atomic E-state index is 3.49. The van der Waals surface area contributed by atoms with Gasteiger partial charge in [-0.1, -0.05) is 39.0 Å². The molecule has 2 nitrogen and oxygen atoms in total. The minimum atomic E-state index is 0.133. The highest BCUT2D eigenvalue weighted by Crippen LogP contribution is 2.33. The molecular formula is C16H26N2. The van der Waals surface area contributed by atoms with E-state index in [1.807, 2.05) is 19.9 Å². The first kappa shape index (κ1) is 14.8. The standard InChI is InChI=1S/C16H26N2/c1-7-9-11-14(10-8-2)18-15(16(4,5)6)12-13(3)17-18/h7-13,17H,1-6H3/b9-7-,10-8-,14-11+. The zero-order valence-corrected chi connectivity index (χ0v) is 12.5. The summed E-state index contributed by atoms with van der Waals surface area (Å²) in [5.74, 6) is 0. The Bertz CT molecular complexity index is 392. The van der Waals surface area contributed by atoms with Crippen molar-refractivity contribution < 1.29 is 0 Å². The average molecular weight is 246 g/mol. The van der Waals surface area contributed by atoms with Crippen molar-refractivity contribution in [2.75, 3.05) is 0 Å². The van der Waals surface area contributed by atoms with Crippen LogP contribution in [0.15, 0.2) is 47.9 Å². The Balaban J connectivity index is 3.10. The molecule has 0 saturated heterocycles. The van der Waals surface area contributed by atoms with Crippen molar-refractivity contribution in [2.45, 2.75) is 47.6 Å². The first-order chi connectivity index (χ1) is 8.40. The average Bonchev–Trinajstić information content (AvgIpc) is 2.66. The summed E-state index contributed by atoms with van der Waals surface area (Å²) in [6.07, 6.45) is 12.7. The number of allylic oxidation sites excluding steroid dienone is 6. The Kier molecular flexibility index (Phi) is 4.97. The quantitative estimate of drug-likeness (QED) is 0.752. The highest BCUT2D eigenvalue weighted by Gasteiger charge is 2.30. The number of hydrogen-bond donors (Lipinski definition) is 1. The fourth-order valence-electron chi connectivity index (χ4n) is 1.99. The smallest absolute Gasteiger partial charge is 0.0570 e. The predicted octanol–water partition coefficient (Wildman–Crippen LogP) is 4.16. The second-order valence-corrected chi connectivity index (χ2v) is 5.67. The third-order valence-corrected chi connectivity index (χ3v) is 2.80. The Morgan fingerprint density at radius 1 is 1.28 bits per heavy atom. The second-order valence-electron chi connectivity index (χ2n) is 5.67. The summed E-state index contributed by atoms with van der Waals surface area (Å²) < 4.78 is 0. The van der Waals surface area contributed by atoms with Gasteiger partial charge in [-0.2, -0.15) is 0 Å². The van der Waals surface area contributed by atoms with Gasteiger partial charge in [-0.05, 0) is 39.0 Å². The molecule has 1 atom stereocenters. The monoisotopic (exact) mass is 246 g/mol. The number of hydrogen-bond acceptors (Lipinski definition) is 2. The number of hydrazine groups is 1. The lowest BCUT2D eigenvalue weighted by molar-refractivity contribution is 0.271. The molecule has 0 amide bonds. The van der Waals surface area contributed by atoms with Crippen LogP contribution in [0.25, 0.3) is 0 Å². The van der Waals surface area contributed by atoms with Crippen LogP contribution >= 0.6 is 0 Å². The molecule has 1 aliphatic rings. The molecule has 18 heavy (non-hydrogen) atoms. The molecule has 1 N–H and O–H groups in total. The van der Waals surface area contributed by atoms with Crippen molar-refractivity contribution in [1.29, 1.82) is 0 Å². The minimum absolute atomic E-state index is 0.133. The van der Waals surface area contributed by atoms with Crippen LogP contribution < -0.4 is 5.43 Å². The van der Waals surface area contributed by atoms with Crippen LogP contribution in [-0.4, -0.2) is 11.1 Å². The predicted molar refractivity (Wildman–Crippen MR) is 79.7 cm³/mol. The molecule has 2 heteroatoms. The van der Waals surface area contributed by atoms with Crippen molar-refractivity contribution in [3.8, 4) is 0 Å². The van der Waals surface area contributed by atoms with Crippen molar-refractivity contribution >= 4 is 0 Å². The van der Waals surface area contributed by atoms with Gasteiger partial charge in [0, 0.05) is 17.2 Å². The minimum Gasteiger partial charge on any atom is -0.280 e. The number of nitrogens with one attached hydrogen (secondary N) is 1. The molecule has 1 aliphatic heterocycles. The molecule has 1 heterocycles. The van der Waals surface area contributed by atoms with Crippen molar-refractivity contribution in [1.82, 2.24) is 10.4 Å². The van der Waals surface area contributed by atoms with Gasteiger partial charge in [0.05, 0.1) is 5.70 Å². The summed E-state index contributed by atoms with van der Waals surface area (Å²) in [6, 6.07) is 0.374. The summed E-state index contributed by atoms with van der Waals surface area (Å²) in [6.45, 7) is 13.0. The van der Waals surface area contributed by atoms with Crippen molar-refractivity contribution in [3.63, 3.8) is 0 Å². The molecule has 0 spiro atoms. The van der Waals surface area contributed by atoms with E-state index in [0.29, 0.717) is 6.04 Å². The van der Waals surface area contributed by atoms with Crippen LogP contribution in [0.5, 0.6) is 0 Å². The highest BCUT2D eigenvalue weighted by molar-refractivity contribution is 5.31. The molecule has 100 valence electrons. The first-order valence-electron chi connectivity index (χ1n) is 6.64. The zero-order chi connectivity index (χ0) is 13.8. The van der Waals surface area contributed by atoms with Crippen LogP contribution in [0.1, 0.15) is 41.5 Å². The third kappa shape index (κ3) is 3.61. The fourth-order valence-corrected chi connectivity index (χ4v) is 1.99. The van der Waals surface area contributed by atoms with Crippen LogP contribution in [0.3, 0.4) is 0 Å². The van der Waals surface area contributed by atoms with E-state index in [1.165, 1.54) is 11.4 Å². The molecular weight excluding hydrogens is 220 g/mol. The molecule has 0 aliphatic carbocycles. The summed E-state index contributed by atoms with van der Waals surface area (Å²) in [5, 5.41) is 2.20. The lowest BCUT2D eigenvalue weighted by atomic mass is 9.91. The van der Waals surface area contributed by atoms with Crippen LogP contribution in [-0.2, 0) is 0 Å². The molecule has 0 aromatic carbocycles. The number of rotatable bonds is 3. The summed E-state index contributed by atoms with van der Waals surface area (Å²) in [5.41, 5.74) is 6.12. The Morgan fingerprint density at radius 3 is 2.44 bits per heavy atom. The molecule has 0 bridgehead atoms. The van der Waals surface area contributed by atoms with Gasteiger partial charge < -0.3 is 0 Å². The highest BCUT2D eigenvalue weighted by atomic mass is 15.5. The van der Waals surface area contributed by atoms with E-state index in [9.17, 15) is 0 Å². The van der Waals surface area contributed by atoms with E-state index in [-0.39, 0.29) is 5.41 Å². The van der Waals surface area contributed by atoms with Gasteiger partial charge in [-0.15, -0.1) is 0 Å². The Morgan fingerprint density at radius 2 is 1.94 bits per heavy atom. The van der Waals surface area contributed by atoms with Gasteiger partial charge in [-0.3, -0.25) is 5.01 Å². The Labute approximate surface area is 112 Å². The van der Waals surface area contributed by atoms with Crippen LogP contribution in [0, 0.1) is 5.41 Å². The van der Waals surface area contributed by atoms with Gasteiger partial charge in [0.25, 0.3) is 0 Å². The Hall–Kier alpha value is -1.28. The summed E-state index contributed by atoms with van der Waals surface area (Å²) >= 11 is 0. The van der Waals surface area contributed by atoms with Gasteiger partial charge in [-0.25, -0.2) is 5.43 Å². The van der Waals surface area contributed by atoms with E-state index < -0.39 is 0 Å². The molecule has 0 fully saturated rings. The molecule has 1 rings (SSSR count). The van der Waals surface area contributed by atoms with E-state index >= 15 is 0 Å². The molecule has 0 radical (unpaired) electrons. The van der Waals surface area contributed by atoms with Crippen molar-refractivity contribution in [3.05, 3.63) is 47.9 Å². The van der Waals surface area contributed by atoms with Gasteiger partial charge in [0.15, 0.2) is 0 Å². The largest absolute Gasteiger partial charge is 0.280 e. The first-order valence-corrected chi connectivity index (χ1v) is 6.64. The van der Waals surface area contributed by atoms with Gasteiger partial charge in [0.2, 0.25) is 0 Å². The fraction of sp³-hybridized carbons (Fsp3) is 0.500.